The quantitative estimate of drug-likeness (QED) is 0.842. The van der Waals surface area contributed by atoms with E-state index in [0.717, 1.165) is 31.7 Å². The maximum atomic E-state index is 12.2. The normalized spacial score (nSPS) is 14.2. The monoisotopic (exact) mass is 292 g/mol. The molecule has 7 nitrogen and oxygen atoms in total. The van der Waals surface area contributed by atoms with Crippen LogP contribution >= 0.6 is 0 Å². The van der Waals surface area contributed by atoms with E-state index in [9.17, 15) is 9.59 Å². The molecule has 0 spiro atoms. The first-order valence-corrected chi connectivity index (χ1v) is 7.21. The van der Waals surface area contributed by atoms with E-state index >= 15 is 0 Å². The van der Waals surface area contributed by atoms with Crippen LogP contribution in [0.1, 0.15) is 36.7 Å². The Hall–Kier alpha value is -2.18. The van der Waals surface area contributed by atoms with Crippen LogP contribution in [-0.2, 0) is 4.79 Å². The van der Waals surface area contributed by atoms with Crippen molar-refractivity contribution in [3.05, 3.63) is 17.8 Å². The van der Waals surface area contributed by atoms with Gasteiger partial charge in [-0.05, 0) is 31.4 Å². The standard InChI is InChI=1S/C14H20N4O3/c1-2-7-18(10-13(19)20)14(21)11-5-6-12(16-15-11)17-8-3-4-9-17/h5-6H,2-4,7-10H2,1H3,(H,19,20). The molecule has 1 fully saturated rings. The van der Waals surface area contributed by atoms with E-state index in [2.05, 4.69) is 15.1 Å². The summed E-state index contributed by atoms with van der Waals surface area (Å²) in [5.41, 5.74) is 0.188. The Labute approximate surface area is 123 Å². The Balaban J connectivity index is 2.08. The molecule has 0 atom stereocenters. The van der Waals surface area contributed by atoms with E-state index in [1.54, 1.807) is 12.1 Å². The molecule has 0 aromatic carbocycles. The second-order valence-corrected chi connectivity index (χ2v) is 5.09. The van der Waals surface area contributed by atoms with Gasteiger partial charge >= 0.3 is 5.97 Å². The Bertz CT molecular complexity index is 497. The number of carboxylic acids is 1. The first kappa shape index (κ1) is 15.2. The summed E-state index contributed by atoms with van der Waals surface area (Å²) >= 11 is 0. The topological polar surface area (TPSA) is 86.6 Å². The van der Waals surface area contributed by atoms with E-state index in [4.69, 9.17) is 5.11 Å². The summed E-state index contributed by atoms with van der Waals surface area (Å²) in [6.45, 7) is 3.89. The number of aromatic nitrogens is 2. The molecule has 0 aliphatic carbocycles. The molecule has 1 aliphatic rings. The van der Waals surface area contributed by atoms with Crippen LogP contribution in [0.2, 0.25) is 0 Å². The number of anilines is 1. The van der Waals surface area contributed by atoms with Gasteiger partial charge in [0.2, 0.25) is 0 Å². The van der Waals surface area contributed by atoms with Gasteiger partial charge in [0, 0.05) is 19.6 Å². The number of hydrogen-bond donors (Lipinski definition) is 1. The summed E-state index contributed by atoms with van der Waals surface area (Å²) in [4.78, 5) is 26.5. The summed E-state index contributed by atoms with van der Waals surface area (Å²) in [5.74, 6) is -0.650. The molecule has 21 heavy (non-hydrogen) atoms. The molecule has 1 amide bonds. The predicted octanol–water partition coefficient (Wildman–Crippen LogP) is 1.01. The number of nitrogens with zero attached hydrogens (tertiary/aromatic N) is 4. The van der Waals surface area contributed by atoms with Crippen molar-refractivity contribution in [1.82, 2.24) is 15.1 Å². The van der Waals surface area contributed by atoms with Crippen LogP contribution < -0.4 is 4.90 Å². The zero-order valence-corrected chi connectivity index (χ0v) is 12.2. The minimum atomic E-state index is -1.03. The molecule has 0 bridgehead atoms. The van der Waals surface area contributed by atoms with Crippen molar-refractivity contribution in [1.29, 1.82) is 0 Å². The maximum Gasteiger partial charge on any atom is 0.323 e. The molecule has 0 unspecified atom stereocenters. The van der Waals surface area contributed by atoms with Gasteiger partial charge in [-0.1, -0.05) is 6.92 Å². The molecule has 2 rings (SSSR count). The third-order valence-corrected chi connectivity index (χ3v) is 3.41. The van der Waals surface area contributed by atoms with Crippen LogP contribution in [0.25, 0.3) is 0 Å². The Morgan fingerprint density at radius 2 is 2.00 bits per heavy atom. The van der Waals surface area contributed by atoms with Crippen molar-refractivity contribution in [3.8, 4) is 0 Å². The zero-order chi connectivity index (χ0) is 15.2. The molecule has 1 aliphatic heterocycles. The van der Waals surface area contributed by atoms with Crippen LogP contribution in [-0.4, -0.2) is 58.3 Å². The fourth-order valence-corrected chi connectivity index (χ4v) is 2.40. The van der Waals surface area contributed by atoms with Gasteiger partial charge in [-0.3, -0.25) is 9.59 Å². The molecule has 1 aromatic heterocycles. The molecule has 114 valence electrons. The lowest BCUT2D eigenvalue weighted by molar-refractivity contribution is -0.137. The molecular weight excluding hydrogens is 272 g/mol. The molecule has 1 aromatic rings. The van der Waals surface area contributed by atoms with Crippen LogP contribution in [0, 0.1) is 0 Å². The number of carboxylic acid groups (broad SMARTS) is 1. The molecule has 7 heteroatoms. The lowest BCUT2D eigenvalue weighted by Crippen LogP contribution is -2.36. The second-order valence-electron chi connectivity index (χ2n) is 5.09. The van der Waals surface area contributed by atoms with Gasteiger partial charge in [0.15, 0.2) is 11.5 Å². The fraction of sp³-hybridized carbons (Fsp3) is 0.571. The van der Waals surface area contributed by atoms with Gasteiger partial charge in [0.25, 0.3) is 5.91 Å². The van der Waals surface area contributed by atoms with E-state index in [1.165, 1.54) is 4.90 Å². The SMILES string of the molecule is CCCN(CC(=O)O)C(=O)c1ccc(N2CCCC2)nn1. The lowest BCUT2D eigenvalue weighted by Gasteiger charge is -2.20. The predicted molar refractivity (Wildman–Crippen MR) is 77.3 cm³/mol. The molecule has 2 heterocycles. The van der Waals surface area contributed by atoms with Gasteiger partial charge in [0.1, 0.15) is 6.54 Å². The number of amides is 1. The number of carbonyl (C=O) groups is 2. The smallest absolute Gasteiger partial charge is 0.323 e. The lowest BCUT2D eigenvalue weighted by atomic mass is 10.3. The Morgan fingerprint density at radius 1 is 1.29 bits per heavy atom. The average Bonchev–Trinajstić information content (AvgIpc) is 3.00. The van der Waals surface area contributed by atoms with Crippen molar-refractivity contribution >= 4 is 17.7 Å². The summed E-state index contributed by atoms with van der Waals surface area (Å²) in [5, 5.41) is 16.9. The van der Waals surface area contributed by atoms with E-state index in [1.807, 2.05) is 6.92 Å². The first-order chi connectivity index (χ1) is 10.1. The van der Waals surface area contributed by atoms with Gasteiger partial charge < -0.3 is 14.9 Å². The Kier molecular flexibility index (Phi) is 5.08. The van der Waals surface area contributed by atoms with E-state index in [0.29, 0.717) is 13.0 Å². The second kappa shape index (κ2) is 7.01. The van der Waals surface area contributed by atoms with Crippen molar-refractivity contribution in [2.45, 2.75) is 26.2 Å². The molecular formula is C14H20N4O3. The van der Waals surface area contributed by atoms with Gasteiger partial charge in [-0.25, -0.2) is 0 Å². The Morgan fingerprint density at radius 3 is 2.52 bits per heavy atom. The number of carbonyl (C=O) groups excluding carboxylic acids is 1. The summed E-state index contributed by atoms with van der Waals surface area (Å²) in [7, 11) is 0. The highest BCUT2D eigenvalue weighted by Gasteiger charge is 2.20. The highest BCUT2D eigenvalue weighted by Crippen LogP contribution is 2.16. The van der Waals surface area contributed by atoms with Crippen molar-refractivity contribution in [2.75, 3.05) is 31.1 Å². The highest BCUT2D eigenvalue weighted by molar-refractivity contribution is 5.94. The van der Waals surface area contributed by atoms with Crippen molar-refractivity contribution < 1.29 is 14.7 Å². The van der Waals surface area contributed by atoms with Gasteiger partial charge in [-0.15, -0.1) is 10.2 Å². The van der Waals surface area contributed by atoms with Gasteiger partial charge in [-0.2, -0.15) is 0 Å². The molecule has 1 saturated heterocycles. The highest BCUT2D eigenvalue weighted by atomic mass is 16.4. The summed E-state index contributed by atoms with van der Waals surface area (Å²) in [6, 6.07) is 3.39. The first-order valence-electron chi connectivity index (χ1n) is 7.21. The van der Waals surface area contributed by atoms with Crippen molar-refractivity contribution in [3.63, 3.8) is 0 Å². The largest absolute Gasteiger partial charge is 0.480 e. The maximum absolute atomic E-state index is 12.2. The van der Waals surface area contributed by atoms with Crippen LogP contribution in [0.15, 0.2) is 12.1 Å². The summed E-state index contributed by atoms with van der Waals surface area (Å²) in [6.07, 6.45) is 2.98. The minimum Gasteiger partial charge on any atom is -0.480 e. The van der Waals surface area contributed by atoms with Crippen LogP contribution in [0.5, 0.6) is 0 Å². The van der Waals surface area contributed by atoms with E-state index in [-0.39, 0.29) is 18.1 Å². The summed E-state index contributed by atoms with van der Waals surface area (Å²) < 4.78 is 0. The van der Waals surface area contributed by atoms with Crippen molar-refractivity contribution in [2.24, 2.45) is 0 Å². The number of hydrogen-bond acceptors (Lipinski definition) is 5. The fourth-order valence-electron chi connectivity index (χ4n) is 2.40. The van der Waals surface area contributed by atoms with Crippen LogP contribution in [0.3, 0.4) is 0 Å². The third-order valence-electron chi connectivity index (χ3n) is 3.41. The van der Waals surface area contributed by atoms with Gasteiger partial charge in [0.05, 0.1) is 0 Å². The van der Waals surface area contributed by atoms with E-state index < -0.39 is 5.97 Å². The molecule has 0 saturated carbocycles. The van der Waals surface area contributed by atoms with Crippen LogP contribution in [0.4, 0.5) is 5.82 Å². The number of aliphatic carboxylic acids is 1. The molecule has 0 radical (unpaired) electrons. The number of rotatable bonds is 6. The molecule has 1 N–H and O–H groups in total. The average molecular weight is 292 g/mol. The third kappa shape index (κ3) is 3.90. The minimum absolute atomic E-state index is 0.188. The zero-order valence-electron chi connectivity index (χ0n) is 12.2.